The van der Waals surface area contributed by atoms with Crippen molar-refractivity contribution in [2.45, 2.75) is 90.6 Å². The molecule has 0 rings (SSSR count). The van der Waals surface area contributed by atoms with Gasteiger partial charge in [-0.1, -0.05) is 34.1 Å². The number of carbonyl (C=O) groups excluding carboxylic acids is 3. The van der Waals surface area contributed by atoms with E-state index in [0.29, 0.717) is 25.8 Å². The van der Waals surface area contributed by atoms with E-state index in [1.165, 1.54) is 6.92 Å². The lowest BCUT2D eigenvalue weighted by Gasteiger charge is -2.28. The molecule has 0 aliphatic rings. The third-order valence-electron chi connectivity index (χ3n) is 4.94. The van der Waals surface area contributed by atoms with Crippen molar-refractivity contribution in [1.29, 1.82) is 0 Å². The average Bonchev–Trinajstić information content (AvgIpc) is 2.68. The van der Waals surface area contributed by atoms with Crippen LogP contribution < -0.4 is 27.4 Å². The Morgan fingerprint density at radius 2 is 1.38 bits per heavy atom. The minimum Gasteiger partial charge on any atom is -0.480 e. The molecule has 0 saturated heterocycles. The Kier molecular flexibility index (Phi) is 13.7. The number of aliphatic carboxylic acids is 1. The highest BCUT2D eigenvalue weighted by molar-refractivity contribution is 5.94. The number of hydrogen-bond donors (Lipinski definition) is 7. The second-order valence-electron chi connectivity index (χ2n) is 8.88. The van der Waals surface area contributed by atoms with Crippen molar-refractivity contribution < 1.29 is 29.4 Å². The van der Waals surface area contributed by atoms with Gasteiger partial charge in [-0.3, -0.25) is 14.4 Å². The molecule has 5 unspecified atom stereocenters. The fourth-order valence-corrected chi connectivity index (χ4v) is 3.04. The smallest absolute Gasteiger partial charge is 0.326 e. The molecule has 0 radical (unpaired) electrons. The van der Waals surface area contributed by atoms with Gasteiger partial charge in [0, 0.05) is 0 Å². The molecule has 186 valence electrons. The van der Waals surface area contributed by atoms with Gasteiger partial charge in [-0.25, -0.2) is 4.79 Å². The maximum absolute atomic E-state index is 12.8. The monoisotopic (exact) mass is 459 g/mol. The van der Waals surface area contributed by atoms with Gasteiger partial charge in [0.1, 0.15) is 18.1 Å². The van der Waals surface area contributed by atoms with Crippen LogP contribution in [0.15, 0.2) is 0 Å². The molecule has 11 heteroatoms. The number of aliphatic hydroxyl groups excluding tert-OH is 1. The summed E-state index contributed by atoms with van der Waals surface area (Å²) in [5, 5.41) is 26.8. The van der Waals surface area contributed by atoms with Crippen molar-refractivity contribution in [3.8, 4) is 0 Å². The zero-order chi connectivity index (χ0) is 25.0. The first-order chi connectivity index (χ1) is 14.8. The molecule has 9 N–H and O–H groups in total. The number of hydrogen-bond acceptors (Lipinski definition) is 7. The predicted octanol–water partition coefficient (Wildman–Crippen LogP) is -0.935. The number of nitrogens with two attached hydrogens (primary N) is 2. The Morgan fingerprint density at radius 3 is 1.81 bits per heavy atom. The maximum Gasteiger partial charge on any atom is 0.326 e. The highest BCUT2D eigenvalue weighted by Gasteiger charge is 2.33. The van der Waals surface area contributed by atoms with Crippen LogP contribution >= 0.6 is 0 Å². The van der Waals surface area contributed by atoms with Gasteiger partial charge in [-0.15, -0.1) is 0 Å². The first kappa shape index (κ1) is 29.8. The summed E-state index contributed by atoms with van der Waals surface area (Å²) >= 11 is 0. The Hall–Kier alpha value is -2.24. The lowest BCUT2D eigenvalue weighted by Crippen LogP contribution is -2.60. The third-order valence-corrected chi connectivity index (χ3v) is 4.94. The summed E-state index contributed by atoms with van der Waals surface area (Å²) in [4.78, 5) is 49.3. The number of nitrogens with one attached hydrogen (secondary N) is 3. The first-order valence-corrected chi connectivity index (χ1v) is 11.1. The van der Waals surface area contributed by atoms with Gasteiger partial charge in [0.05, 0.1) is 12.1 Å². The number of unbranched alkanes of at least 4 members (excludes halogenated alkanes) is 1. The lowest BCUT2D eigenvalue weighted by molar-refractivity contribution is -0.143. The van der Waals surface area contributed by atoms with Crippen LogP contribution in [-0.4, -0.2) is 70.7 Å². The van der Waals surface area contributed by atoms with Crippen molar-refractivity contribution in [2.24, 2.45) is 23.3 Å². The van der Waals surface area contributed by atoms with E-state index in [1.54, 1.807) is 13.8 Å². The van der Waals surface area contributed by atoms with E-state index in [9.17, 15) is 29.4 Å². The van der Waals surface area contributed by atoms with E-state index in [-0.39, 0.29) is 18.3 Å². The summed E-state index contributed by atoms with van der Waals surface area (Å²) < 4.78 is 0. The average molecular weight is 460 g/mol. The van der Waals surface area contributed by atoms with E-state index >= 15 is 0 Å². The molecule has 0 aromatic carbocycles. The molecular formula is C21H41N5O6. The Bertz CT molecular complexity index is 626. The van der Waals surface area contributed by atoms with Crippen molar-refractivity contribution in [1.82, 2.24) is 16.0 Å². The molecule has 0 bridgehead atoms. The van der Waals surface area contributed by atoms with Crippen molar-refractivity contribution in [2.75, 3.05) is 6.54 Å². The molecule has 0 saturated carbocycles. The molecular weight excluding hydrogens is 418 g/mol. The summed E-state index contributed by atoms with van der Waals surface area (Å²) in [7, 11) is 0. The molecule has 0 aromatic rings. The first-order valence-electron chi connectivity index (χ1n) is 11.1. The summed E-state index contributed by atoms with van der Waals surface area (Å²) in [6.07, 6.45) is 0.710. The minimum absolute atomic E-state index is 0.0346. The van der Waals surface area contributed by atoms with Crippen LogP contribution in [0, 0.1) is 11.8 Å². The van der Waals surface area contributed by atoms with E-state index < -0.39 is 54.0 Å². The Labute approximate surface area is 190 Å². The van der Waals surface area contributed by atoms with Crippen molar-refractivity contribution >= 4 is 23.7 Å². The number of carboxylic acids is 1. The zero-order valence-corrected chi connectivity index (χ0v) is 19.8. The Morgan fingerprint density at radius 1 is 0.844 bits per heavy atom. The second-order valence-corrected chi connectivity index (χ2v) is 8.88. The number of amides is 3. The highest BCUT2D eigenvalue weighted by Crippen LogP contribution is 2.09. The van der Waals surface area contributed by atoms with Crippen LogP contribution in [0.4, 0.5) is 0 Å². The Balaban J connectivity index is 5.26. The summed E-state index contributed by atoms with van der Waals surface area (Å²) in [5.74, 6) is -3.54. The SMILES string of the molecule is CC(C)CC(NC(=O)C(NC(=O)C(NC(=O)C(N)CCCCN)C(C)O)C(C)C)C(=O)O. The van der Waals surface area contributed by atoms with Crippen molar-refractivity contribution in [3.63, 3.8) is 0 Å². The van der Waals surface area contributed by atoms with Gasteiger partial charge in [0.2, 0.25) is 17.7 Å². The molecule has 3 amide bonds. The van der Waals surface area contributed by atoms with Gasteiger partial charge in [-0.2, -0.15) is 0 Å². The molecule has 0 spiro atoms. The molecule has 0 heterocycles. The van der Waals surface area contributed by atoms with Gasteiger partial charge in [-0.05, 0) is 44.6 Å². The molecule has 0 aliphatic heterocycles. The molecule has 0 fully saturated rings. The van der Waals surface area contributed by atoms with Gasteiger partial charge in [0.25, 0.3) is 0 Å². The van der Waals surface area contributed by atoms with Gasteiger partial charge < -0.3 is 37.6 Å². The van der Waals surface area contributed by atoms with E-state index in [4.69, 9.17) is 11.5 Å². The molecule has 32 heavy (non-hydrogen) atoms. The zero-order valence-electron chi connectivity index (χ0n) is 19.8. The number of rotatable bonds is 15. The lowest BCUT2D eigenvalue weighted by atomic mass is 9.99. The van der Waals surface area contributed by atoms with Crippen LogP contribution in [-0.2, 0) is 19.2 Å². The molecule has 0 aliphatic carbocycles. The number of carboxylic acid groups (broad SMARTS) is 1. The minimum atomic E-state index is -1.33. The summed E-state index contributed by atoms with van der Waals surface area (Å²) in [6, 6.07) is -4.36. The topological polar surface area (TPSA) is 197 Å². The fraction of sp³-hybridized carbons (Fsp3) is 0.810. The third kappa shape index (κ3) is 10.9. The van der Waals surface area contributed by atoms with E-state index in [1.807, 2.05) is 13.8 Å². The predicted molar refractivity (Wildman–Crippen MR) is 120 cm³/mol. The van der Waals surface area contributed by atoms with Crippen molar-refractivity contribution in [3.05, 3.63) is 0 Å². The highest BCUT2D eigenvalue weighted by atomic mass is 16.4. The van der Waals surface area contributed by atoms with Crippen LogP contribution in [0.1, 0.15) is 60.3 Å². The van der Waals surface area contributed by atoms with Gasteiger partial charge in [0.15, 0.2) is 0 Å². The van der Waals surface area contributed by atoms with Crippen LogP contribution in [0.3, 0.4) is 0 Å². The maximum atomic E-state index is 12.8. The van der Waals surface area contributed by atoms with E-state index in [0.717, 1.165) is 0 Å². The fourth-order valence-electron chi connectivity index (χ4n) is 3.04. The standard InChI is InChI=1S/C21H41N5O6/c1-11(2)10-15(21(31)32)24-19(29)16(12(3)4)25-20(30)17(13(5)27)26-18(28)14(23)8-6-7-9-22/h11-17,27H,6-10,22-23H2,1-5H3,(H,24,29)(H,25,30)(H,26,28)(H,31,32). The molecule has 5 atom stereocenters. The quantitative estimate of drug-likeness (QED) is 0.152. The summed E-state index contributed by atoms with van der Waals surface area (Å²) in [6.45, 7) is 8.85. The van der Waals surface area contributed by atoms with Crippen LogP contribution in [0.25, 0.3) is 0 Å². The van der Waals surface area contributed by atoms with E-state index in [2.05, 4.69) is 16.0 Å². The van der Waals surface area contributed by atoms with Crippen LogP contribution in [0.5, 0.6) is 0 Å². The number of carbonyl (C=O) groups is 4. The number of aliphatic hydroxyl groups is 1. The largest absolute Gasteiger partial charge is 0.480 e. The molecule has 11 nitrogen and oxygen atoms in total. The van der Waals surface area contributed by atoms with Crippen LogP contribution in [0.2, 0.25) is 0 Å². The summed E-state index contributed by atoms with van der Waals surface area (Å²) in [5.41, 5.74) is 11.3. The normalized spacial score (nSPS) is 16.1. The second kappa shape index (κ2) is 14.8. The van der Waals surface area contributed by atoms with Gasteiger partial charge >= 0.3 is 5.97 Å². The molecule has 0 aromatic heterocycles.